The Balaban J connectivity index is 1.35. The topological polar surface area (TPSA) is 64.7 Å². The first-order chi connectivity index (χ1) is 14.2. The minimum Gasteiger partial charge on any atom is -0.355 e. The third-order valence-corrected chi connectivity index (χ3v) is 6.15. The van der Waals surface area contributed by atoms with Crippen molar-refractivity contribution in [2.24, 2.45) is 0 Å². The van der Waals surface area contributed by atoms with E-state index in [1.165, 1.54) is 22.4 Å². The normalized spacial score (nSPS) is 24.1. The lowest BCUT2D eigenvalue weighted by Crippen LogP contribution is -2.50. The van der Waals surface area contributed by atoms with E-state index in [0.29, 0.717) is 19.4 Å². The molecule has 3 aliphatic heterocycles. The number of imide groups is 1. The van der Waals surface area contributed by atoms with Gasteiger partial charge in [0.25, 0.3) is 0 Å². The van der Waals surface area contributed by atoms with Crippen LogP contribution in [0.4, 0.5) is 0 Å². The molecule has 3 fully saturated rings. The van der Waals surface area contributed by atoms with Crippen LogP contribution in [0.2, 0.25) is 0 Å². The van der Waals surface area contributed by atoms with Gasteiger partial charge in [-0.15, -0.1) is 0 Å². The van der Waals surface area contributed by atoms with Crippen molar-refractivity contribution in [2.45, 2.75) is 38.3 Å². The van der Waals surface area contributed by atoms with Crippen LogP contribution in [0, 0.1) is 11.8 Å². The van der Waals surface area contributed by atoms with Gasteiger partial charge in [-0.2, -0.15) is 0 Å². The molecular formula is C23H26N4O2. The highest BCUT2D eigenvalue weighted by molar-refractivity contribution is 6.01. The highest BCUT2D eigenvalue weighted by Gasteiger charge is 2.39. The maximum atomic E-state index is 12.5. The summed E-state index contributed by atoms with van der Waals surface area (Å²) in [5.41, 5.74) is 6.14. The predicted molar refractivity (Wildman–Crippen MR) is 110 cm³/mol. The average Bonchev–Trinajstić information content (AvgIpc) is 3.49. The van der Waals surface area contributed by atoms with Crippen LogP contribution in [-0.4, -0.2) is 60.4 Å². The molecule has 1 unspecified atom stereocenters. The van der Waals surface area contributed by atoms with E-state index < -0.39 is 0 Å². The Morgan fingerprint density at radius 1 is 1.10 bits per heavy atom. The SMILES string of the molecule is O=C1CCC(N2Cc3cc(C#CCN4CCNCC4)ccc3C2=C2CC2)C(=O)N1. The monoisotopic (exact) mass is 390 g/mol. The van der Waals surface area contributed by atoms with E-state index in [1.807, 2.05) is 0 Å². The number of amides is 2. The lowest BCUT2D eigenvalue weighted by Gasteiger charge is -2.32. The molecule has 5 rings (SSSR count). The lowest BCUT2D eigenvalue weighted by atomic mass is 10.0. The molecule has 150 valence electrons. The van der Waals surface area contributed by atoms with Crippen LogP contribution in [0.1, 0.15) is 42.4 Å². The molecule has 29 heavy (non-hydrogen) atoms. The summed E-state index contributed by atoms with van der Waals surface area (Å²) in [5, 5.41) is 5.87. The van der Waals surface area contributed by atoms with E-state index >= 15 is 0 Å². The van der Waals surface area contributed by atoms with Crippen molar-refractivity contribution in [2.75, 3.05) is 32.7 Å². The summed E-state index contributed by atoms with van der Waals surface area (Å²) in [6, 6.07) is 6.18. The Morgan fingerprint density at radius 2 is 1.93 bits per heavy atom. The minimum atomic E-state index is -0.259. The number of hydrogen-bond acceptors (Lipinski definition) is 5. The molecule has 0 spiro atoms. The Morgan fingerprint density at radius 3 is 2.69 bits per heavy atom. The summed E-state index contributed by atoms with van der Waals surface area (Å²) in [6.45, 7) is 5.69. The summed E-state index contributed by atoms with van der Waals surface area (Å²) in [7, 11) is 0. The van der Waals surface area contributed by atoms with E-state index in [9.17, 15) is 9.59 Å². The Bertz CT molecular complexity index is 943. The van der Waals surface area contributed by atoms with Crippen LogP contribution in [0.25, 0.3) is 5.70 Å². The van der Waals surface area contributed by atoms with Crippen molar-refractivity contribution in [3.8, 4) is 11.8 Å². The molecule has 4 aliphatic rings. The molecule has 2 amide bonds. The van der Waals surface area contributed by atoms with E-state index in [0.717, 1.165) is 51.1 Å². The van der Waals surface area contributed by atoms with Crippen molar-refractivity contribution in [3.63, 3.8) is 0 Å². The number of nitrogens with one attached hydrogen (secondary N) is 2. The molecule has 3 heterocycles. The van der Waals surface area contributed by atoms with Crippen LogP contribution >= 0.6 is 0 Å². The number of allylic oxidation sites excluding steroid dienone is 1. The van der Waals surface area contributed by atoms with Gasteiger partial charge in [-0.05, 0) is 42.5 Å². The number of carbonyl (C=O) groups excluding carboxylic acids is 2. The van der Waals surface area contributed by atoms with Crippen LogP contribution in [0.3, 0.4) is 0 Å². The van der Waals surface area contributed by atoms with E-state index in [2.05, 4.69) is 50.5 Å². The molecule has 1 aliphatic carbocycles. The molecule has 1 aromatic carbocycles. The fraction of sp³-hybridized carbons (Fsp3) is 0.478. The molecule has 2 N–H and O–H groups in total. The van der Waals surface area contributed by atoms with Gasteiger partial charge in [0.1, 0.15) is 6.04 Å². The molecule has 0 radical (unpaired) electrons. The maximum absolute atomic E-state index is 12.5. The first-order valence-electron chi connectivity index (χ1n) is 10.6. The quantitative estimate of drug-likeness (QED) is 0.584. The van der Waals surface area contributed by atoms with Gasteiger partial charge in [0.05, 0.1) is 6.54 Å². The van der Waals surface area contributed by atoms with E-state index in [-0.39, 0.29) is 17.9 Å². The second-order valence-corrected chi connectivity index (χ2v) is 8.25. The molecule has 0 bridgehead atoms. The summed E-state index contributed by atoms with van der Waals surface area (Å²) >= 11 is 0. The van der Waals surface area contributed by atoms with Crippen LogP contribution in [0.5, 0.6) is 0 Å². The molecule has 0 aromatic heterocycles. The fourth-order valence-corrected chi connectivity index (χ4v) is 4.51. The zero-order valence-corrected chi connectivity index (χ0v) is 16.6. The van der Waals surface area contributed by atoms with Gasteiger partial charge in [-0.1, -0.05) is 17.9 Å². The summed E-state index contributed by atoms with van der Waals surface area (Å²) in [4.78, 5) is 28.6. The molecule has 1 saturated carbocycles. The second-order valence-electron chi connectivity index (χ2n) is 8.25. The number of carbonyl (C=O) groups is 2. The fourth-order valence-electron chi connectivity index (χ4n) is 4.51. The molecule has 1 aromatic rings. The van der Waals surface area contributed by atoms with E-state index in [1.54, 1.807) is 0 Å². The molecule has 6 nitrogen and oxygen atoms in total. The lowest BCUT2D eigenvalue weighted by molar-refractivity contribution is -0.136. The number of benzene rings is 1. The van der Waals surface area contributed by atoms with Gasteiger partial charge in [0, 0.05) is 56.0 Å². The standard InChI is InChI=1S/C23H26N4O2/c28-21-8-7-20(23(29)25-21)27-15-18-14-16(2-1-11-26-12-9-24-10-13-26)3-6-19(18)22(27)17-4-5-17/h3,6,14,20,24H,4-5,7-13,15H2,(H,25,28,29). The highest BCUT2D eigenvalue weighted by atomic mass is 16.2. The first-order valence-corrected chi connectivity index (χ1v) is 10.6. The van der Waals surface area contributed by atoms with Gasteiger partial charge in [0.2, 0.25) is 11.8 Å². The molecule has 2 saturated heterocycles. The van der Waals surface area contributed by atoms with Crippen molar-refractivity contribution in [3.05, 3.63) is 40.5 Å². The van der Waals surface area contributed by atoms with Crippen LogP contribution in [-0.2, 0) is 16.1 Å². The van der Waals surface area contributed by atoms with Crippen LogP contribution in [0.15, 0.2) is 23.8 Å². The zero-order valence-electron chi connectivity index (χ0n) is 16.6. The minimum absolute atomic E-state index is 0.161. The third-order valence-electron chi connectivity index (χ3n) is 6.15. The average molecular weight is 390 g/mol. The van der Waals surface area contributed by atoms with E-state index in [4.69, 9.17) is 0 Å². The van der Waals surface area contributed by atoms with Gasteiger partial charge in [-0.3, -0.25) is 19.8 Å². The number of piperidine rings is 1. The number of piperazine rings is 1. The third kappa shape index (κ3) is 3.81. The predicted octanol–water partition coefficient (Wildman–Crippen LogP) is 1.07. The first kappa shape index (κ1) is 18.4. The van der Waals surface area contributed by atoms with Gasteiger partial charge < -0.3 is 10.2 Å². The van der Waals surface area contributed by atoms with Crippen molar-refractivity contribution in [1.29, 1.82) is 0 Å². The smallest absolute Gasteiger partial charge is 0.249 e. The van der Waals surface area contributed by atoms with Crippen LogP contribution < -0.4 is 10.6 Å². The summed E-state index contributed by atoms with van der Waals surface area (Å²) in [5.74, 6) is 6.31. The largest absolute Gasteiger partial charge is 0.355 e. The Kier molecular flexibility index (Phi) is 4.86. The number of hydrogen-bond donors (Lipinski definition) is 2. The number of nitrogens with zero attached hydrogens (tertiary/aromatic N) is 2. The van der Waals surface area contributed by atoms with Crippen molar-refractivity contribution < 1.29 is 9.59 Å². The maximum Gasteiger partial charge on any atom is 0.249 e. The second kappa shape index (κ2) is 7.66. The van der Waals surface area contributed by atoms with Gasteiger partial charge in [-0.25, -0.2) is 0 Å². The van der Waals surface area contributed by atoms with Crippen molar-refractivity contribution in [1.82, 2.24) is 20.4 Å². The summed E-state index contributed by atoms with van der Waals surface area (Å²) < 4.78 is 0. The summed E-state index contributed by atoms with van der Waals surface area (Å²) in [6.07, 6.45) is 3.21. The van der Waals surface area contributed by atoms with Gasteiger partial charge >= 0.3 is 0 Å². The number of rotatable bonds is 2. The Labute approximate surface area is 171 Å². The van der Waals surface area contributed by atoms with Crippen molar-refractivity contribution >= 4 is 17.5 Å². The number of fused-ring (bicyclic) bond motifs is 1. The van der Waals surface area contributed by atoms with Gasteiger partial charge in [0.15, 0.2) is 0 Å². The molecule has 6 heteroatoms. The molecular weight excluding hydrogens is 364 g/mol. The zero-order chi connectivity index (χ0) is 19.8. The highest BCUT2D eigenvalue weighted by Crippen LogP contribution is 2.45. The Hall–Kier alpha value is -2.62. The molecule has 1 atom stereocenters.